The molecule has 1 heterocycles. The maximum Gasteiger partial charge on any atom is 0.291 e. The maximum atomic E-state index is 12.9. The van der Waals surface area contributed by atoms with Crippen molar-refractivity contribution < 1.29 is 23.5 Å². The molecule has 0 bridgehead atoms. The number of halogens is 1. The van der Waals surface area contributed by atoms with Crippen molar-refractivity contribution in [2.45, 2.75) is 37.8 Å². The first-order valence-electron chi connectivity index (χ1n) is 9.19. The van der Waals surface area contributed by atoms with Gasteiger partial charge in [-0.05, 0) is 43.9 Å². The highest BCUT2D eigenvalue weighted by Crippen LogP contribution is 2.34. The highest BCUT2D eigenvalue weighted by Gasteiger charge is 2.24. The highest BCUT2D eigenvalue weighted by molar-refractivity contribution is 6.08. The van der Waals surface area contributed by atoms with Crippen LogP contribution in [0.3, 0.4) is 0 Å². The third-order valence-electron chi connectivity index (χ3n) is 4.87. The molecule has 1 aliphatic rings. The average molecular weight is 424 g/mol. The van der Waals surface area contributed by atoms with Gasteiger partial charge >= 0.3 is 0 Å². The summed E-state index contributed by atoms with van der Waals surface area (Å²) in [5.74, 6) is 0.181. The normalized spacial score (nSPS) is 18.3. The number of hydrogen-bond donors (Lipinski definition) is 3. The molecule has 2 aromatic rings. The summed E-state index contributed by atoms with van der Waals surface area (Å²) < 4.78 is 15.7. The number of amides is 2. The number of carbonyl (C=O) groups excluding carboxylic acids is 2. The lowest BCUT2D eigenvalue weighted by molar-refractivity contribution is 0.0926. The van der Waals surface area contributed by atoms with Crippen molar-refractivity contribution in [3.05, 3.63) is 41.9 Å². The zero-order valence-corrected chi connectivity index (χ0v) is 17.2. The summed E-state index contributed by atoms with van der Waals surface area (Å²) in [6, 6.07) is 6.52. The van der Waals surface area contributed by atoms with E-state index >= 15 is 0 Å². The second kappa shape index (κ2) is 10.2. The van der Waals surface area contributed by atoms with Crippen LogP contribution in [0.2, 0.25) is 0 Å². The Labute approximate surface area is 175 Å². The molecule has 2 amide bonds. The van der Waals surface area contributed by atoms with Gasteiger partial charge in [0.1, 0.15) is 0 Å². The van der Waals surface area contributed by atoms with Crippen LogP contribution < -0.4 is 25.8 Å². The van der Waals surface area contributed by atoms with Gasteiger partial charge < -0.3 is 30.3 Å². The van der Waals surface area contributed by atoms with E-state index in [0.29, 0.717) is 17.2 Å². The summed E-state index contributed by atoms with van der Waals surface area (Å²) >= 11 is 0. The van der Waals surface area contributed by atoms with Gasteiger partial charge in [-0.2, -0.15) is 0 Å². The molecule has 0 aliphatic heterocycles. The van der Waals surface area contributed by atoms with Gasteiger partial charge in [0.05, 0.1) is 31.7 Å². The summed E-state index contributed by atoms with van der Waals surface area (Å²) in [7, 11) is 2.98. The van der Waals surface area contributed by atoms with Crippen molar-refractivity contribution in [2.24, 2.45) is 5.73 Å². The van der Waals surface area contributed by atoms with Gasteiger partial charge in [-0.25, -0.2) is 0 Å². The van der Waals surface area contributed by atoms with Crippen LogP contribution in [0.1, 0.15) is 46.6 Å². The molecule has 1 aliphatic carbocycles. The van der Waals surface area contributed by atoms with Crippen LogP contribution in [0.5, 0.6) is 11.5 Å². The van der Waals surface area contributed by atoms with Crippen LogP contribution in [0.4, 0.5) is 5.69 Å². The number of rotatable bonds is 6. The first-order chi connectivity index (χ1) is 13.5. The van der Waals surface area contributed by atoms with Crippen molar-refractivity contribution in [1.82, 2.24) is 5.32 Å². The van der Waals surface area contributed by atoms with E-state index < -0.39 is 5.91 Å². The molecule has 1 saturated carbocycles. The molecule has 9 heteroatoms. The van der Waals surface area contributed by atoms with Crippen molar-refractivity contribution >= 4 is 29.9 Å². The lowest BCUT2D eigenvalue weighted by atomic mass is 9.91. The number of methoxy groups -OCH3 is 2. The van der Waals surface area contributed by atoms with Gasteiger partial charge in [-0.15, -0.1) is 12.4 Å². The zero-order valence-electron chi connectivity index (χ0n) is 16.4. The Bertz CT molecular complexity index is 833. The van der Waals surface area contributed by atoms with Crippen molar-refractivity contribution in [2.75, 3.05) is 19.5 Å². The first-order valence-corrected chi connectivity index (χ1v) is 9.19. The smallest absolute Gasteiger partial charge is 0.291 e. The molecule has 0 saturated heterocycles. The van der Waals surface area contributed by atoms with Gasteiger partial charge in [0.15, 0.2) is 17.3 Å². The maximum absolute atomic E-state index is 12.9. The minimum Gasteiger partial charge on any atom is -0.493 e. The van der Waals surface area contributed by atoms with Crippen molar-refractivity contribution in [3.8, 4) is 11.5 Å². The van der Waals surface area contributed by atoms with Crippen LogP contribution in [-0.2, 0) is 0 Å². The fraction of sp³-hybridized carbons (Fsp3) is 0.400. The van der Waals surface area contributed by atoms with E-state index in [-0.39, 0.29) is 41.7 Å². The van der Waals surface area contributed by atoms with Crippen LogP contribution >= 0.6 is 12.4 Å². The van der Waals surface area contributed by atoms with E-state index in [0.717, 1.165) is 25.7 Å². The quantitative estimate of drug-likeness (QED) is 0.657. The fourth-order valence-corrected chi connectivity index (χ4v) is 3.29. The Balaban J connectivity index is 0.00000300. The Morgan fingerprint density at radius 3 is 2.31 bits per heavy atom. The second-order valence-electron chi connectivity index (χ2n) is 6.77. The number of hydrogen-bond acceptors (Lipinski definition) is 6. The predicted molar refractivity (Wildman–Crippen MR) is 111 cm³/mol. The predicted octanol–water partition coefficient (Wildman–Crippen LogP) is 2.97. The molecule has 0 spiro atoms. The second-order valence-corrected chi connectivity index (χ2v) is 6.77. The van der Waals surface area contributed by atoms with Crippen LogP contribution in [0.15, 0.2) is 34.9 Å². The van der Waals surface area contributed by atoms with E-state index in [1.807, 2.05) is 0 Å². The summed E-state index contributed by atoms with van der Waals surface area (Å²) in [5, 5.41) is 5.74. The lowest BCUT2D eigenvalue weighted by Crippen LogP contribution is -2.40. The van der Waals surface area contributed by atoms with Gasteiger partial charge in [0, 0.05) is 18.2 Å². The number of nitrogens with two attached hydrogens (primary N) is 1. The molecule has 0 radical (unpaired) electrons. The number of carbonyl (C=O) groups is 2. The van der Waals surface area contributed by atoms with E-state index in [9.17, 15) is 9.59 Å². The number of anilines is 1. The molecule has 3 rings (SSSR count). The molecule has 1 fully saturated rings. The largest absolute Gasteiger partial charge is 0.493 e. The van der Waals surface area contributed by atoms with E-state index in [1.54, 1.807) is 24.3 Å². The van der Waals surface area contributed by atoms with E-state index in [1.165, 1.54) is 20.5 Å². The van der Waals surface area contributed by atoms with Gasteiger partial charge in [-0.3, -0.25) is 9.59 Å². The molecule has 0 atom stereocenters. The van der Waals surface area contributed by atoms with Gasteiger partial charge in [-0.1, -0.05) is 0 Å². The van der Waals surface area contributed by atoms with Crippen LogP contribution in [0, 0.1) is 0 Å². The molecule has 4 N–H and O–H groups in total. The monoisotopic (exact) mass is 423 g/mol. The third kappa shape index (κ3) is 5.42. The molecule has 158 valence electrons. The van der Waals surface area contributed by atoms with Crippen molar-refractivity contribution in [1.29, 1.82) is 0 Å². The Hall–Kier alpha value is -2.71. The Morgan fingerprint density at radius 2 is 1.72 bits per heavy atom. The Morgan fingerprint density at radius 1 is 1.07 bits per heavy atom. The molecule has 1 aromatic carbocycles. The summed E-state index contributed by atoms with van der Waals surface area (Å²) in [5.41, 5.74) is 6.53. The highest BCUT2D eigenvalue weighted by atomic mass is 35.5. The number of nitrogens with one attached hydrogen (secondary N) is 2. The van der Waals surface area contributed by atoms with Crippen LogP contribution in [-0.4, -0.2) is 38.1 Å². The van der Waals surface area contributed by atoms with Crippen molar-refractivity contribution in [3.63, 3.8) is 0 Å². The first kappa shape index (κ1) is 22.6. The standard InChI is InChI=1S/C20H25N3O5.ClH/c1-26-17-10-14(19(24)22-13-7-5-12(21)6-8-13)15(11-18(17)27-2)23-20(25)16-4-3-9-28-16;/h3-4,9-13H,5-8,21H2,1-2H3,(H,22,24)(H,23,25);1H. The number of furan rings is 1. The molecule has 1 aromatic heterocycles. The number of ether oxygens (including phenoxy) is 2. The molecular weight excluding hydrogens is 398 g/mol. The van der Waals surface area contributed by atoms with E-state index in [2.05, 4.69) is 10.6 Å². The fourth-order valence-electron chi connectivity index (χ4n) is 3.29. The topological polar surface area (TPSA) is 116 Å². The molecule has 0 unspecified atom stereocenters. The zero-order chi connectivity index (χ0) is 20.1. The summed E-state index contributed by atoms with van der Waals surface area (Å²) in [4.78, 5) is 25.3. The summed E-state index contributed by atoms with van der Waals surface area (Å²) in [6.07, 6.45) is 4.81. The number of benzene rings is 1. The van der Waals surface area contributed by atoms with Gasteiger partial charge in [0.2, 0.25) is 0 Å². The van der Waals surface area contributed by atoms with E-state index in [4.69, 9.17) is 19.6 Å². The third-order valence-corrected chi connectivity index (χ3v) is 4.87. The SMILES string of the molecule is COc1cc(NC(=O)c2ccco2)c(C(=O)NC2CCC(N)CC2)cc1OC.Cl. The van der Waals surface area contributed by atoms with Crippen LogP contribution in [0.25, 0.3) is 0 Å². The molecule has 29 heavy (non-hydrogen) atoms. The van der Waals surface area contributed by atoms with Gasteiger partial charge in [0.25, 0.3) is 11.8 Å². The summed E-state index contributed by atoms with van der Waals surface area (Å²) in [6.45, 7) is 0. The average Bonchev–Trinajstić information content (AvgIpc) is 3.24. The molecular formula is C20H26ClN3O5. The minimum absolute atomic E-state index is 0. The minimum atomic E-state index is -0.463. The molecule has 8 nitrogen and oxygen atoms in total. The lowest BCUT2D eigenvalue weighted by Gasteiger charge is -2.27. The Kier molecular flexibility index (Phi) is 7.92.